The van der Waals surface area contributed by atoms with Crippen molar-refractivity contribution >= 4 is 5.97 Å². The average molecular weight is 229 g/mol. The zero-order valence-electron chi connectivity index (χ0n) is 10.3. The summed E-state index contributed by atoms with van der Waals surface area (Å²) < 4.78 is 5.07. The van der Waals surface area contributed by atoms with E-state index in [0.717, 1.165) is 25.9 Å². The highest BCUT2D eigenvalue weighted by molar-refractivity contribution is 5.73. The van der Waals surface area contributed by atoms with E-state index in [2.05, 4.69) is 4.90 Å². The van der Waals surface area contributed by atoms with E-state index in [1.807, 2.05) is 6.92 Å². The van der Waals surface area contributed by atoms with Crippen LogP contribution in [0.2, 0.25) is 0 Å². The predicted molar refractivity (Wildman–Crippen MR) is 62.5 cm³/mol. The van der Waals surface area contributed by atoms with E-state index < -0.39 is 12.0 Å². The summed E-state index contributed by atoms with van der Waals surface area (Å²) in [6.45, 7) is 4.27. The summed E-state index contributed by atoms with van der Waals surface area (Å²) >= 11 is 0. The number of hydrogen-bond acceptors (Lipinski definition) is 3. The van der Waals surface area contributed by atoms with Crippen LogP contribution in [0.15, 0.2) is 0 Å². The minimum absolute atomic E-state index is 0.0422. The molecule has 0 saturated carbocycles. The summed E-state index contributed by atoms with van der Waals surface area (Å²) in [6, 6.07) is -0.391. The summed E-state index contributed by atoms with van der Waals surface area (Å²) in [4.78, 5) is 13.4. The van der Waals surface area contributed by atoms with E-state index in [1.165, 1.54) is 12.8 Å². The Morgan fingerprint density at radius 1 is 1.31 bits per heavy atom. The molecular formula is C12H23NO3. The maximum atomic E-state index is 11.3. The molecule has 1 heterocycles. The molecule has 1 saturated heterocycles. The van der Waals surface area contributed by atoms with E-state index in [1.54, 1.807) is 7.11 Å². The van der Waals surface area contributed by atoms with Gasteiger partial charge in [-0.1, -0.05) is 19.8 Å². The number of carbonyl (C=O) groups is 1. The van der Waals surface area contributed by atoms with Crippen molar-refractivity contribution in [1.82, 2.24) is 4.90 Å². The van der Waals surface area contributed by atoms with Crippen LogP contribution in [0.3, 0.4) is 0 Å². The molecule has 1 aliphatic heterocycles. The van der Waals surface area contributed by atoms with Crippen molar-refractivity contribution in [2.45, 2.75) is 38.6 Å². The third-order valence-corrected chi connectivity index (χ3v) is 3.26. The number of likely N-dealkylation sites (tertiary alicyclic amines) is 1. The molecule has 0 aromatic rings. The van der Waals surface area contributed by atoms with Crippen LogP contribution in [0.5, 0.6) is 0 Å². The van der Waals surface area contributed by atoms with Gasteiger partial charge >= 0.3 is 5.97 Å². The normalized spacial score (nSPS) is 22.4. The summed E-state index contributed by atoms with van der Waals surface area (Å²) in [5, 5.41) is 9.32. The molecular weight excluding hydrogens is 206 g/mol. The van der Waals surface area contributed by atoms with Gasteiger partial charge in [0.1, 0.15) is 6.04 Å². The number of rotatable bonds is 5. The van der Waals surface area contributed by atoms with Crippen LogP contribution in [0.25, 0.3) is 0 Å². The molecule has 1 N–H and O–H groups in total. The molecule has 2 atom stereocenters. The van der Waals surface area contributed by atoms with E-state index in [0.29, 0.717) is 6.61 Å². The Kier molecular flexibility index (Phi) is 5.77. The number of aliphatic carboxylic acids is 1. The lowest BCUT2D eigenvalue weighted by Gasteiger charge is -2.31. The summed E-state index contributed by atoms with van der Waals surface area (Å²) in [7, 11) is 1.62. The fourth-order valence-corrected chi connectivity index (χ4v) is 2.49. The van der Waals surface area contributed by atoms with Crippen molar-refractivity contribution in [2.75, 3.05) is 26.8 Å². The Morgan fingerprint density at radius 3 is 2.31 bits per heavy atom. The first-order valence-corrected chi connectivity index (χ1v) is 6.12. The molecule has 94 valence electrons. The monoisotopic (exact) mass is 229 g/mol. The third kappa shape index (κ3) is 3.76. The summed E-state index contributed by atoms with van der Waals surface area (Å²) in [5.74, 6) is -0.674. The molecule has 1 fully saturated rings. The van der Waals surface area contributed by atoms with Gasteiger partial charge in [0, 0.05) is 13.0 Å². The number of carboxylic acids is 1. The highest BCUT2D eigenvalue weighted by atomic mass is 16.5. The zero-order chi connectivity index (χ0) is 12.0. The van der Waals surface area contributed by atoms with Crippen LogP contribution in [0, 0.1) is 5.92 Å². The van der Waals surface area contributed by atoms with Crippen LogP contribution in [-0.2, 0) is 9.53 Å². The molecule has 0 aromatic heterocycles. The van der Waals surface area contributed by atoms with Crippen molar-refractivity contribution in [3.05, 3.63) is 0 Å². The maximum absolute atomic E-state index is 11.3. The molecule has 4 heteroatoms. The second-order valence-corrected chi connectivity index (χ2v) is 4.67. The van der Waals surface area contributed by atoms with Crippen molar-refractivity contribution in [3.8, 4) is 0 Å². The molecule has 0 aliphatic carbocycles. The molecule has 4 nitrogen and oxygen atoms in total. The third-order valence-electron chi connectivity index (χ3n) is 3.26. The fraction of sp³-hybridized carbons (Fsp3) is 0.917. The van der Waals surface area contributed by atoms with Crippen molar-refractivity contribution < 1.29 is 14.6 Å². The lowest BCUT2D eigenvalue weighted by atomic mass is 10.0. The minimum Gasteiger partial charge on any atom is -0.480 e. The highest BCUT2D eigenvalue weighted by Crippen LogP contribution is 2.18. The molecule has 0 bridgehead atoms. The molecule has 1 rings (SSSR count). The lowest BCUT2D eigenvalue weighted by molar-refractivity contribution is -0.146. The molecule has 0 radical (unpaired) electrons. The van der Waals surface area contributed by atoms with Gasteiger partial charge < -0.3 is 9.84 Å². The van der Waals surface area contributed by atoms with Gasteiger partial charge in [-0.25, -0.2) is 0 Å². The van der Waals surface area contributed by atoms with E-state index >= 15 is 0 Å². The highest BCUT2D eigenvalue weighted by Gasteiger charge is 2.31. The predicted octanol–water partition coefficient (Wildman–Crippen LogP) is 1.60. The number of methoxy groups -OCH3 is 1. The first-order valence-electron chi connectivity index (χ1n) is 6.12. The van der Waals surface area contributed by atoms with Crippen molar-refractivity contribution in [3.63, 3.8) is 0 Å². The van der Waals surface area contributed by atoms with Crippen LogP contribution in [0.4, 0.5) is 0 Å². The van der Waals surface area contributed by atoms with Gasteiger partial charge in [0.05, 0.1) is 6.61 Å². The van der Waals surface area contributed by atoms with Gasteiger partial charge in [-0.2, -0.15) is 0 Å². The van der Waals surface area contributed by atoms with Crippen LogP contribution in [-0.4, -0.2) is 48.8 Å². The van der Waals surface area contributed by atoms with E-state index in [-0.39, 0.29) is 5.92 Å². The van der Waals surface area contributed by atoms with Gasteiger partial charge in [0.25, 0.3) is 0 Å². The van der Waals surface area contributed by atoms with Gasteiger partial charge in [0.15, 0.2) is 0 Å². The SMILES string of the molecule is COCC(C)C(C(=O)O)N1CCCCCC1. The Labute approximate surface area is 97.6 Å². The topological polar surface area (TPSA) is 49.8 Å². The minimum atomic E-state index is -0.716. The molecule has 1 aliphatic rings. The van der Waals surface area contributed by atoms with Gasteiger partial charge in [-0.3, -0.25) is 9.69 Å². The standard InChI is InChI=1S/C12H23NO3/c1-10(9-16-2)11(12(14)15)13-7-5-3-4-6-8-13/h10-11H,3-9H2,1-2H3,(H,14,15). The number of hydrogen-bond donors (Lipinski definition) is 1. The largest absolute Gasteiger partial charge is 0.480 e. The Balaban J connectivity index is 2.63. The molecule has 0 spiro atoms. The number of nitrogens with zero attached hydrogens (tertiary/aromatic N) is 1. The fourth-order valence-electron chi connectivity index (χ4n) is 2.49. The van der Waals surface area contributed by atoms with E-state index in [9.17, 15) is 9.90 Å². The number of ether oxygens (including phenoxy) is 1. The maximum Gasteiger partial charge on any atom is 0.321 e. The Bertz CT molecular complexity index is 212. The van der Waals surface area contributed by atoms with Crippen LogP contribution < -0.4 is 0 Å². The van der Waals surface area contributed by atoms with Crippen molar-refractivity contribution in [1.29, 1.82) is 0 Å². The van der Waals surface area contributed by atoms with Gasteiger partial charge in [0.2, 0.25) is 0 Å². The average Bonchev–Trinajstić information content (AvgIpc) is 2.46. The Morgan fingerprint density at radius 2 is 1.88 bits per heavy atom. The van der Waals surface area contributed by atoms with Crippen molar-refractivity contribution in [2.24, 2.45) is 5.92 Å². The number of carboxylic acid groups (broad SMARTS) is 1. The molecule has 2 unspecified atom stereocenters. The van der Waals surface area contributed by atoms with E-state index in [4.69, 9.17) is 4.74 Å². The summed E-state index contributed by atoms with van der Waals surface area (Å²) in [6.07, 6.45) is 4.68. The second kappa shape index (κ2) is 6.86. The molecule has 0 amide bonds. The smallest absolute Gasteiger partial charge is 0.321 e. The lowest BCUT2D eigenvalue weighted by Crippen LogP contribution is -2.47. The zero-order valence-corrected chi connectivity index (χ0v) is 10.3. The first kappa shape index (κ1) is 13.5. The first-order chi connectivity index (χ1) is 7.66. The molecule has 16 heavy (non-hydrogen) atoms. The van der Waals surface area contributed by atoms with Crippen LogP contribution in [0.1, 0.15) is 32.6 Å². The van der Waals surface area contributed by atoms with Gasteiger partial charge in [-0.15, -0.1) is 0 Å². The van der Waals surface area contributed by atoms with Crippen LogP contribution >= 0.6 is 0 Å². The van der Waals surface area contributed by atoms with Gasteiger partial charge in [-0.05, 0) is 25.9 Å². The Hall–Kier alpha value is -0.610. The quantitative estimate of drug-likeness (QED) is 0.778. The second-order valence-electron chi connectivity index (χ2n) is 4.67. The summed E-state index contributed by atoms with van der Waals surface area (Å²) in [5.41, 5.74) is 0. The molecule has 0 aromatic carbocycles.